The summed E-state index contributed by atoms with van der Waals surface area (Å²) in [6.45, 7) is 7.13. The van der Waals surface area contributed by atoms with Crippen LogP contribution < -0.4 is 0 Å². The molecule has 0 radical (unpaired) electrons. The summed E-state index contributed by atoms with van der Waals surface area (Å²) >= 11 is 0. The molecule has 3 aliphatic rings. The molecule has 0 spiro atoms. The number of piperidine rings is 1. The Hall–Kier alpha value is -2.38. The molecule has 1 aromatic heterocycles. The van der Waals surface area contributed by atoms with Crippen molar-refractivity contribution in [1.82, 2.24) is 19.8 Å². The summed E-state index contributed by atoms with van der Waals surface area (Å²) in [5, 5.41) is 10.0. The van der Waals surface area contributed by atoms with E-state index in [1.165, 1.54) is 55.6 Å². The van der Waals surface area contributed by atoms with Gasteiger partial charge >= 0.3 is 5.97 Å². The van der Waals surface area contributed by atoms with Gasteiger partial charge in [0.15, 0.2) is 5.82 Å². The number of aromatic nitrogens is 2. The first-order valence-corrected chi connectivity index (χ1v) is 14.2. The van der Waals surface area contributed by atoms with E-state index in [1.54, 1.807) is 0 Å². The van der Waals surface area contributed by atoms with E-state index in [4.69, 9.17) is 0 Å². The third-order valence-electron chi connectivity index (χ3n) is 8.81. The first-order chi connectivity index (χ1) is 17.9. The summed E-state index contributed by atoms with van der Waals surface area (Å²) < 4.78 is 13.0. The molecule has 2 aliphatic heterocycles. The van der Waals surface area contributed by atoms with Crippen LogP contribution in [0.1, 0.15) is 67.8 Å². The molecule has 3 heterocycles. The van der Waals surface area contributed by atoms with Gasteiger partial charge in [-0.3, -0.25) is 9.69 Å². The second kappa shape index (κ2) is 12.0. The maximum absolute atomic E-state index is 13.0. The molecule has 2 saturated heterocycles. The number of hydrogen-bond acceptors (Lipinski definition) is 5. The van der Waals surface area contributed by atoms with Crippen molar-refractivity contribution in [3.05, 3.63) is 59.4 Å². The van der Waals surface area contributed by atoms with E-state index in [0.717, 1.165) is 63.7 Å². The molecule has 200 valence electrons. The molecule has 1 N–H and O–H groups in total. The maximum atomic E-state index is 13.0. The number of carboxylic acid groups (broad SMARTS) is 1. The van der Waals surface area contributed by atoms with Crippen molar-refractivity contribution in [2.45, 2.75) is 70.3 Å². The van der Waals surface area contributed by atoms with Crippen molar-refractivity contribution in [2.75, 3.05) is 32.7 Å². The first-order valence-electron chi connectivity index (χ1n) is 14.2. The van der Waals surface area contributed by atoms with Crippen molar-refractivity contribution in [1.29, 1.82) is 0 Å². The van der Waals surface area contributed by atoms with Gasteiger partial charge in [-0.15, -0.1) is 0 Å². The average Bonchev–Trinajstić information content (AvgIpc) is 3.62. The summed E-state index contributed by atoms with van der Waals surface area (Å²) in [4.78, 5) is 25.3. The topological polar surface area (TPSA) is 69.6 Å². The lowest BCUT2D eigenvalue weighted by atomic mass is 9.86. The van der Waals surface area contributed by atoms with E-state index in [9.17, 15) is 14.3 Å². The summed E-state index contributed by atoms with van der Waals surface area (Å²) in [7, 11) is 0. The number of rotatable bonds is 11. The van der Waals surface area contributed by atoms with Crippen LogP contribution in [0.5, 0.6) is 0 Å². The van der Waals surface area contributed by atoms with E-state index in [1.807, 2.05) is 0 Å². The molecule has 1 aliphatic carbocycles. The minimum Gasteiger partial charge on any atom is -0.480 e. The van der Waals surface area contributed by atoms with Crippen LogP contribution in [0.4, 0.5) is 4.39 Å². The van der Waals surface area contributed by atoms with Gasteiger partial charge in [-0.1, -0.05) is 42.7 Å². The second-order valence-electron chi connectivity index (χ2n) is 11.7. The molecule has 0 amide bonds. The molecule has 3 unspecified atom stereocenters. The van der Waals surface area contributed by atoms with E-state index >= 15 is 0 Å². The largest absolute Gasteiger partial charge is 0.480 e. The van der Waals surface area contributed by atoms with E-state index in [-0.39, 0.29) is 11.9 Å². The minimum absolute atomic E-state index is 0.347. The normalized spacial score (nSPS) is 24.4. The Bertz CT molecular complexity index is 1040. The molecule has 1 aromatic carbocycles. The van der Waals surface area contributed by atoms with Gasteiger partial charge in [0, 0.05) is 32.0 Å². The number of carboxylic acids is 1. The van der Waals surface area contributed by atoms with Crippen LogP contribution in [-0.4, -0.2) is 69.6 Å². The molecular weight excluding hydrogens is 467 g/mol. The predicted molar refractivity (Wildman–Crippen MR) is 142 cm³/mol. The van der Waals surface area contributed by atoms with E-state index in [0.29, 0.717) is 17.8 Å². The molecule has 3 atom stereocenters. The van der Waals surface area contributed by atoms with Crippen molar-refractivity contribution in [2.24, 2.45) is 17.8 Å². The minimum atomic E-state index is -0.651. The second-order valence-corrected chi connectivity index (χ2v) is 11.7. The molecule has 0 bridgehead atoms. The quantitative estimate of drug-likeness (QED) is 0.464. The van der Waals surface area contributed by atoms with Gasteiger partial charge in [0.05, 0.1) is 12.4 Å². The van der Waals surface area contributed by atoms with Gasteiger partial charge in [-0.05, 0) is 75.4 Å². The Balaban J connectivity index is 1.16. The summed E-state index contributed by atoms with van der Waals surface area (Å²) in [6.07, 6.45) is 11.1. The van der Waals surface area contributed by atoms with Gasteiger partial charge in [0.1, 0.15) is 11.9 Å². The van der Waals surface area contributed by atoms with Crippen LogP contribution in [0.3, 0.4) is 0 Å². The zero-order valence-electron chi connectivity index (χ0n) is 22.1. The van der Waals surface area contributed by atoms with E-state index < -0.39 is 5.97 Å². The fourth-order valence-electron chi connectivity index (χ4n) is 6.50. The highest BCUT2D eigenvalue weighted by molar-refractivity contribution is 5.73. The number of benzene rings is 1. The van der Waals surface area contributed by atoms with Crippen LogP contribution in [-0.2, 0) is 11.2 Å². The summed E-state index contributed by atoms with van der Waals surface area (Å²) in [6, 6.07) is 8.48. The van der Waals surface area contributed by atoms with Gasteiger partial charge < -0.3 is 10.0 Å². The van der Waals surface area contributed by atoms with Crippen LogP contribution in [0, 0.1) is 30.5 Å². The van der Waals surface area contributed by atoms with Crippen LogP contribution >= 0.6 is 0 Å². The van der Waals surface area contributed by atoms with Crippen molar-refractivity contribution >= 4 is 5.97 Å². The lowest BCUT2D eigenvalue weighted by Crippen LogP contribution is -2.41. The monoisotopic (exact) mass is 508 g/mol. The fourth-order valence-corrected chi connectivity index (χ4v) is 6.50. The molecular formula is C30H41FN4O2. The van der Waals surface area contributed by atoms with Gasteiger partial charge in [-0.25, -0.2) is 14.4 Å². The summed E-state index contributed by atoms with van der Waals surface area (Å²) in [5.74, 6) is 1.86. The first kappa shape index (κ1) is 26.2. The Labute approximate surface area is 220 Å². The number of aliphatic carboxylic acids is 1. The molecule has 1 saturated carbocycles. The lowest BCUT2D eigenvalue weighted by molar-refractivity contribution is -0.143. The predicted octanol–water partition coefficient (Wildman–Crippen LogP) is 4.93. The van der Waals surface area contributed by atoms with Gasteiger partial charge in [-0.2, -0.15) is 0 Å². The van der Waals surface area contributed by atoms with Crippen molar-refractivity contribution in [3.63, 3.8) is 0 Å². The highest BCUT2D eigenvalue weighted by Crippen LogP contribution is 2.39. The number of aryl methyl sites for hydroxylation is 2. The Morgan fingerprint density at radius 1 is 1.11 bits per heavy atom. The van der Waals surface area contributed by atoms with Crippen molar-refractivity contribution in [3.8, 4) is 0 Å². The average molecular weight is 509 g/mol. The number of likely N-dealkylation sites (tertiary alicyclic amines) is 2. The van der Waals surface area contributed by atoms with Gasteiger partial charge in [0.2, 0.25) is 0 Å². The smallest absolute Gasteiger partial charge is 0.320 e. The zero-order valence-corrected chi connectivity index (χ0v) is 22.1. The third-order valence-corrected chi connectivity index (χ3v) is 8.81. The number of nitrogens with zero attached hydrogens (tertiary/aromatic N) is 4. The zero-order chi connectivity index (χ0) is 25.8. The summed E-state index contributed by atoms with van der Waals surface area (Å²) in [5.41, 5.74) is 2.63. The maximum Gasteiger partial charge on any atom is 0.320 e. The third kappa shape index (κ3) is 7.14. The molecule has 5 rings (SSSR count). The van der Waals surface area contributed by atoms with Crippen LogP contribution in [0.15, 0.2) is 36.7 Å². The van der Waals surface area contributed by atoms with E-state index in [2.05, 4.69) is 51.0 Å². The number of halogens is 1. The number of hydrogen-bond donors (Lipinski definition) is 1. The Kier molecular flexibility index (Phi) is 8.50. The molecule has 7 heteroatoms. The standard InChI is InChI=1S/C30H41FN4O2/c1-21-4-2-6-24(14-21)27-20-35(28(30(36)37)15-23-8-9-23)19-25(27)18-34-12-10-22(11-13-34)5-3-7-29-32-16-26(31)17-33-29/h2,4,6,14,16-17,22-23,25,27-28H,3,5,7-13,15,18-20H2,1H3,(H,36,37). The molecule has 37 heavy (non-hydrogen) atoms. The molecule has 3 fully saturated rings. The molecule has 2 aromatic rings. The van der Waals surface area contributed by atoms with Crippen molar-refractivity contribution < 1.29 is 14.3 Å². The lowest BCUT2D eigenvalue weighted by Gasteiger charge is -2.35. The number of carbonyl (C=O) groups is 1. The SMILES string of the molecule is Cc1cccc(C2CN(C(CC3CC3)C(=O)O)CC2CN2CCC(CCCc3ncc(F)cn3)CC2)c1. The molecule has 6 nitrogen and oxygen atoms in total. The highest BCUT2D eigenvalue weighted by atomic mass is 19.1. The van der Waals surface area contributed by atoms with Gasteiger partial charge in [0.25, 0.3) is 0 Å². The Morgan fingerprint density at radius 3 is 2.54 bits per heavy atom. The van der Waals surface area contributed by atoms with Crippen LogP contribution in [0.25, 0.3) is 0 Å². The highest BCUT2D eigenvalue weighted by Gasteiger charge is 2.42. The van der Waals surface area contributed by atoms with Crippen LogP contribution in [0.2, 0.25) is 0 Å². The fraction of sp³-hybridized carbons (Fsp3) is 0.633. The Morgan fingerprint density at radius 2 is 1.86 bits per heavy atom.